The largest absolute Gasteiger partial charge is 0.398 e. The van der Waals surface area contributed by atoms with E-state index in [9.17, 15) is 0 Å². The van der Waals surface area contributed by atoms with E-state index in [2.05, 4.69) is 29.4 Å². The van der Waals surface area contributed by atoms with Crippen molar-refractivity contribution in [2.24, 2.45) is 5.92 Å². The molecule has 1 aromatic heterocycles. The molecule has 114 valence electrons. The van der Waals surface area contributed by atoms with Crippen LogP contribution < -0.4 is 5.73 Å². The molecule has 1 unspecified atom stereocenters. The Balaban J connectivity index is 2.23. The van der Waals surface area contributed by atoms with Crippen molar-refractivity contribution in [1.82, 2.24) is 20.2 Å². The van der Waals surface area contributed by atoms with Gasteiger partial charge in [0.05, 0.1) is 0 Å². The van der Waals surface area contributed by atoms with Gasteiger partial charge in [0.1, 0.15) is 0 Å². The molecule has 0 radical (unpaired) electrons. The zero-order chi connectivity index (χ0) is 15.2. The van der Waals surface area contributed by atoms with E-state index in [1.165, 1.54) is 19.3 Å². The number of aromatic nitrogens is 4. The van der Waals surface area contributed by atoms with E-state index < -0.39 is 0 Å². The van der Waals surface area contributed by atoms with Gasteiger partial charge in [0.2, 0.25) is 0 Å². The molecule has 0 saturated carbocycles. The fourth-order valence-electron chi connectivity index (χ4n) is 2.55. The van der Waals surface area contributed by atoms with Gasteiger partial charge in [-0.1, -0.05) is 44.7 Å². The highest BCUT2D eigenvalue weighted by Crippen LogP contribution is 2.26. The number of anilines is 1. The van der Waals surface area contributed by atoms with Crippen LogP contribution in [-0.4, -0.2) is 20.2 Å². The molecule has 0 spiro atoms. The second-order valence-corrected chi connectivity index (χ2v) is 5.69. The second kappa shape index (κ2) is 7.20. The van der Waals surface area contributed by atoms with E-state index >= 15 is 0 Å². The van der Waals surface area contributed by atoms with Gasteiger partial charge in [-0.15, -0.1) is 5.10 Å². The zero-order valence-electron chi connectivity index (χ0n) is 13.2. The second-order valence-electron chi connectivity index (χ2n) is 5.69. The first-order valence-electron chi connectivity index (χ1n) is 7.78. The summed E-state index contributed by atoms with van der Waals surface area (Å²) < 4.78 is 1.90. The SMILES string of the molecule is CCCCC(CC)Cn1nnnc1-c1cc(C)ccc1N. The van der Waals surface area contributed by atoms with Crippen LogP contribution in [0.3, 0.4) is 0 Å². The Morgan fingerprint density at radius 2 is 2.10 bits per heavy atom. The summed E-state index contributed by atoms with van der Waals surface area (Å²) >= 11 is 0. The molecule has 0 bridgehead atoms. The van der Waals surface area contributed by atoms with Crippen LogP contribution in [0.4, 0.5) is 5.69 Å². The van der Waals surface area contributed by atoms with Gasteiger partial charge >= 0.3 is 0 Å². The molecule has 5 nitrogen and oxygen atoms in total. The highest BCUT2D eigenvalue weighted by atomic mass is 15.5. The molecule has 0 amide bonds. The first-order chi connectivity index (χ1) is 10.2. The van der Waals surface area contributed by atoms with Gasteiger partial charge in [0.15, 0.2) is 5.82 Å². The van der Waals surface area contributed by atoms with E-state index in [4.69, 9.17) is 5.73 Å². The normalized spacial score (nSPS) is 12.5. The summed E-state index contributed by atoms with van der Waals surface area (Å²) in [7, 11) is 0. The predicted molar refractivity (Wildman–Crippen MR) is 85.7 cm³/mol. The number of nitrogens with zero attached hydrogens (tertiary/aromatic N) is 4. The van der Waals surface area contributed by atoms with Crippen LogP contribution in [0.1, 0.15) is 45.1 Å². The average Bonchev–Trinajstić information content (AvgIpc) is 2.93. The average molecular weight is 287 g/mol. The smallest absolute Gasteiger partial charge is 0.184 e. The first-order valence-corrected chi connectivity index (χ1v) is 7.78. The number of tetrazole rings is 1. The Bertz CT molecular complexity index is 576. The maximum Gasteiger partial charge on any atom is 0.184 e. The fourth-order valence-corrected chi connectivity index (χ4v) is 2.55. The van der Waals surface area contributed by atoms with E-state index in [1.54, 1.807) is 0 Å². The van der Waals surface area contributed by atoms with Gasteiger partial charge in [0.25, 0.3) is 0 Å². The standard InChI is InChI=1S/C16H25N5/c1-4-6-7-13(5-2)11-21-16(18-19-20-21)14-10-12(3)8-9-15(14)17/h8-10,13H,4-7,11,17H2,1-3H3. The Labute approximate surface area is 126 Å². The van der Waals surface area contributed by atoms with Gasteiger partial charge in [-0.05, 0) is 41.8 Å². The van der Waals surface area contributed by atoms with Crippen LogP contribution in [0, 0.1) is 12.8 Å². The van der Waals surface area contributed by atoms with Gasteiger partial charge in [-0.3, -0.25) is 0 Å². The molecule has 0 aliphatic carbocycles. The van der Waals surface area contributed by atoms with Crippen LogP contribution in [0.5, 0.6) is 0 Å². The number of benzene rings is 1. The number of rotatable bonds is 7. The summed E-state index contributed by atoms with van der Waals surface area (Å²) in [5, 5.41) is 12.2. The summed E-state index contributed by atoms with van der Waals surface area (Å²) in [6.07, 6.45) is 4.84. The van der Waals surface area contributed by atoms with Crippen molar-refractivity contribution >= 4 is 5.69 Å². The highest BCUT2D eigenvalue weighted by molar-refractivity contribution is 5.71. The maximum atomic E-state index is 6.08. The Hall–Kier alpha value is -1.91. The molecule has 0 fully saturated rings. The molecular weight excluding hydrogens is 262 g/mol. The topological polar surface area (TPSA) is 69.6 Å². The van der Waals surface area contributed by atoms with Crippen molar-refractivity contribution in [1.29, 1.82) is 0 Å². The molecule has 2 rings (SSSR count). The van der Waals surface area contributed by atoms with Crippen LogP contribution in [0.15, 0.2) is 18.2 Å². The number of unbranched alkanes of at least 4 members (excludes halogenated alkanes) is 1. The van der Waals surface area contributed by atoms with Crippen LogP contribution in [0.2, 0.25) is 0 Å². The minimum Gasteiger partial charge on any atom is -0.398 e. The van der Waals surface area contributed by atoms with E-state index in [0.717, 1.165) is 35.6 Å². The summed E-state index contributed by atoms with van der Waals surface area (Å²) in [4.78, 5) is 0. The third-order valence-electron chi connectivity index (χ3n) is 3.96. The Kier molecular flexibility index (Phi) is 5.31. The number of hydrogen-bond acceptors (Lipinski definition) is 4. The van der Waals surface area contributed by atoms with E-state index in [-0.39, 0.29) is 0 Å². The van der Waals surface area contributed by atoms with E-state index in [1.807, 2.05) is 29.8 Å². The van der Waals surface area contributed by atoms with Crippen molar-refractivity contribution in [3.8, 4) is 11.4 Å². The lowest BCUT2D eigenvalue weighted by molar-refractivity contribution is 0.370. The first kappa shape index (κ1) is 15.5. The molecule has 0 aliphatic heterocycles. The fraction of sp³-hybridized carbons (Fsp3) is 0.562. The van der Waals surface area contributed by atoms with Crippen molar-refractivity contribution in [3.05, 3.63) is 23.8 Å². The molecule has 1 aromatic carbocycles. The van der Waals surface area contributed by atoms with Gasteiger partial charge in [-0.25, -0.2) is 4.68 Å². The quantitative estimate of drug-likeness (QED) is 0.792. The molecule has 1 atom stereocenters. The Morgan fingerprint density at radius 3 is 2.81 bits per heavy atom. The minimum absolute atomic E-state index is 0.609. The monoisotopic (exact) mass is 287 g/mol. The van der Waals surface area contributed by atoms with Gasteiger partial charge in [-0.2, -0.15) is 0 Å². The van der Waals surface area contributed by atoms with Gasteiger partial charge < -0.3 is 5.73 Å². The van der Waals surface area contributed by atoms with Gasteiger partial charge in [0, 0.05) is 17.8 Å². The molecule has 0 aliphatic rings. The number of nitrogen functional groups attached to an aromatic ring is 1. The van der Waals surface area contributed by atoms with Crippen LogP contribution in [0.25, 0.3) is 11.4 Å². The van der Waals surface area contributed by atoms with Crippen molar-refractivity contribution in [3.63, 3.8) is 0 Å². The third kappa shape index (κ3) is 3.80. The number of nitrogens with two attached hydrogens (primary N) is 1. The maximum absolute atomic E-state index is 6.08. The predicted octanol–water partition coefficient (Wildman–Crippen LogP) is 3.45. The molecule has 1 heterocycles. The summed E-state index contributed by atoms with van der Waals surface area (Å²) in [6.45, 7) is 7.35. The van der Waals surface area contributed by atoms with Crippen LogP contribution in [-0.2, 0) is 6.54 Å². The zero-order valence-corrected chi connectivity index (χ0v) is 13.2. The molecule has 2 aromatic rings. The molecular formula is C16H25N5. The van der Waals surface area contributed by atoms with Crippen LogP contribution >= 0.6 is 0 Å². The molecule has 5 heteroatoms. The number of hydrogen-bond donors (Lipinski definition) is 1. The number of aryl methyl sites for hydroxylation is 1. The van der Waals surface area contributed by atoms with Crippen molar-refractivity contribution in [2.45, 2.75) is 53.0 Å². The van der Waals surface area contributed by atoms with Crippen molar-refractivity contribution < 1.29 is 0 Å². The summed E-state index contributed by atoms with van der Waals surface area (Å²) in [6, 6.07) is 5.96. The van der Waals surface area contributed by atoms with E-state index in [0.29, 0.717) is 5.92 Å². The molecule has 2 N–H and O–H groups in total. The lowest BCUT2D eigenvalue weighted by Crippen LogP contribution is -2.13. The van der Waals surface area contributed by atoms with Crippen molar-refractivity contribution in [2.75, 3.05) is 5.73 Å². The lowest BCUT2D eigenvalue weighted by atomic mass is 9.99. The summed E-state index contributed by atoms with van der Waals surface area (Å²) in [5.41, 5.74) is 8.89. The highest BCUT2D eigenvalue weighted by Gasteiger charge is 2.15. The summed E-state index contributed by atoms with van der Waals surface area (Å²) in [5.74, 6) is 1.38. The third-order valence-corrected chi connectivity index (χ3v) is 3.96. The lowest BCUT2D eigenvalue weighted by Gasteiger charge is -2.15. The molecule has 21 heavy (non-hydrogen) atoms. The molecule has 0 saturated heterocycles. The Morgan fingerprint density at radius 1 is 1.29 bits per heavy atom. The minimum atomic E-state index is 0.609.